The summed E-state index contributed by atoms with van der Waals surface area (Å²) in [6.07, 6.45) is 1.03. The van der Waals surface area contributed by atoms with Crippen LogP contribution in [0.5, 0.6) is 0 Å². The maximum atomic E-state index is 12.8. The zero-order valence-corrected chi connectivity index (χ0v) is 10.9. The van der Waals surface area contributed by atoms with Gasteiger partial charge >= 0.3 is 0 Å². The highest BCUT2D eigenvalue weighted by molar-refractivity contribution is 6.10. The number of benzene rings is 2. The van der Waals surface area contributed by atoms with Gasteiger partial charge in [-0.2, -0.15) is 0 Å². The minimum atomic E-state index is -0.0881. The lowest BCUT2D eigenvalue weighted by molar-refractivity contribution is 0.0836. The van der Waals surface area contributed by atoms with E-state index in [1.807, 2.05) is 18.2 Å². The SMILES string of the molecule is CN1CCc2cccc3c2C1C(=O)c1ccccc1-3. The van der Waals surface area contributed by atoms with Crippen LogP contribution in [0.2, 0.25) is 0 Å². The van der Waals surface area contributed by atoms with Crippen molar-refractivity contribution in [2.45, 2.75) is 12.5 Å². The lowest BCUT2D eigenvalue weighted by Gasteiger charge is -2.38. The first-order valence-electron chi connectivity index (χ1n) is 6.73. The number of carbonyl (C=O) groups excluding carboxylic acids is 1. The standard InChI is InChI=1S/C17H15NO/c1-18-10-9-11-5-4-8-13-12-6-2-3-7-14(12)17(19)16(18)15(11)13/h2-8,16H,9-10H2,1H3. The fourth-order valence-electron chi connectivity index (χ4n) is 3.45. The van der Waals surface area contributed by atoms with Crippen LogP contribution in [-0.2, 0) is 6.42 Å². The Morgan fingerprint density at radius 1 is 1.00 bits per heavy atom. The Balaban J connectivity index is 2.09. The van der Waals surface area contributed by atoms with Crippen molar-refractivity contribution in [3.05, 3.63) is 59.2 Å². The van der Waals surface area contributed by atoms with E-state index < -0.39 is 0 Å². The maximum absolute atomic E-state index is 12.8. The lowest BCUT2D eigenvalue weighted by atomic mass is 9.76. The summed E-state index contributed by atoms with van der Waals surface area (Å²) < 4.78 is 0. The van der Waals surface area contributed by atoms with Crippen molar-refractivity contribution < 1.29 is 4.79 Å². The van der Waals surface area contributed by atoms with Crippen LogP contribution < -0.4 is 0 Å². The van der Waals surface area contributed by atoms with Gasteiger partial charge in [0.2, 0.25) is 0 Å². The van der Waals surface area contributed by atoms with Crippen molar-refractivity contribution in [1.82, 2.24) is 4.90 Å². The van der Waals surface area contributed by atoms with E-state index in [2.05, 4.69) is 36.2 Å². The molecule has 0 fully saturated rings. The zero-order chi connectivity index (χ0) is 13.0. The van der Waals surface area contributed by atoms with Crippen molar-refractivity contribution in [3.8, 4) is 11.1 Å². The van der Waals surface area contributed by atoms with Crippen LogP contribution in [0.15, 0.2) is 42.5 Å². The summed E-state index contributed by atoms with van der Waals surface area (Å²) in [6.45, 7) is 0.953. The Hall–Kier alpha value is -1.93. The van der Waals surface area contributed by atoms with Crippen molar-refractivity contribution in [1.29, 1.82) is 0 Å². The fraction of sp³-hybridized carbons (Fsp3) is 0.235. The number of likely N-dealkylation sites (N-methyl/N-ethyl adjacent to an activating group) is 1. The number of nitrogens with zero attached hydrogens (tertiary/aromatic N) is 1. The van der Waals surface area contributed by atoms with E-state index in [9.17, 15) is 4.79 Å². The van der Waals surface area contributed by atoms with Crippen LogP contribution in [-0.4, -0.2) is 24.3 Å². The number of Topliss-reactive ketones (excluding diaryl/α,β-unsaturated/α-hetero) is 1. The number of hydrogen-bond donors (Lipinski definition) is 0. The molecule has 4 rings (SSSR count). The zero-order valence-electron chi connectivity index (χ0n) is 10.9. The smallest absolute Gasteiger partial charge is 0.185 e. The second kappa shape index (κ2) is 3.78. The first-order chi connectivity index (χ1) is 9.27. The molecule has 1 unspecified atom stereocenters. The second-order valence-corrected chi connectivity index (χ2v) is 5.42. The summed E-state index contributed by atoms with van der Waals surface area (Å²) in [5.74, 6) is 0.248. The minimum absolute atomic E-state index is 0.0881. The summed E-state index contributed by atoms with van der Waals surface area (Å²) in [7, 11) is 2.05. The average molecular weight is 249 g/mol. The number of ketones is 1. The van der Waals surface area contributed by atoms with Crippen LogP contribution in [0.3, 0.4) is 0 Å². The molecule has 1 heterocycles. The second-order valence-electron chi connectivity index (χ2n) is 5.42. The predicted octanol–water partition coefficient (Wildman–Crippen LogP) is 3.08. The van der Waals surface area contributed by atoms with E-state index in [-0.39, 0.29) is 11.8 Å². The Morgan fingerprint density at radius 2 is 1.74 bits per heavy atom. The van der Waals surface area contributed by atoms with E-state index in [4.69, 9.17) is 0 Å². The average Bonchev–Trinajstić information content (AvgIpc) is 2.45. The molecule has 2 nitrogen and oxygen atoms in total. The molecule has 0 saturated carbocycles. The van der Waals surface area contributed by atoms with E-state index in [1.165, 1.54) is 16.7 Å². The molecule has 0 N–H and O–H groups in total. The Kier molecular flexibility index (Phi) is 2.18. The molecule has 0 aromatic heterocycles. The molecule has 2 aromatic carbocycles. The van der Waals surface area contributed by atoms with Crippen molar-refractivity contribution >= 4 is 5.78 Å². The van der Waals surface area contributed by atoms with Gasteiger partial charge in [-0.05, 0) is 35.7 Å². The van der Waals surface area contributed by atoms with Gasteiger partial charge in [0.15, 0.2) is 5.78 Å². The van der Waals surface area contributed by atoms with Crippen molar-refractivity contribution in [3.63, 3.8) is 0 Å². The van der Waals surface area contributed by atoms with Crippen LogP contribution in [0.4, 0.5) is 0 Å². The molecule has 19 heavy (non-hydrogen) atoms. The van der Waals surface area contributed by atoms with E-state index in [0.29, 0.717) is 0 Å². The molecule has 2 aromatic rings. The van der Waals surface area contributed by atoms with Crippen molar-refractivity contribution in [2.24, 2.45) is 0 Å². The summed E-state index contributed by atoms with van der Waals surface area (Å²) in [5.41, 5.74) is 5.77. The van der Waals surface area contributed by atoms with Gasteiger partial charge in [0.25, 0.3) is 0 Å². The Labute approximate surface area is 112 Å². The van der Waals surface area contributed by atoms with Crippen LogP contribution in [0.25, 0.3) is 11.1 Å². The molecule has 2 heteroatoms. The Morgan fingerprint density at radius 3 is 2.58 bits per heavy atom. The van der Waals surface area contributed by atoms with Gasteiger partial charge in [-0.25, -0.2) is 0 Å². The Bertz CT molecular complexity index is 689. The third-order valence-corrected chi connectivity index (χ3v) is 4.38. The molecule has 0 saturated heterocycles. The van der Waals surface area contributed by atoms with Crippen molar-refractivity contribution in [2.75, 3.05) is 13.6 Å². The highest BCUT2D eigenvalue weighted by Gasteiger charge is 2.38. The first-order valence-corrected chi connectivity index (χ1v) is 6.73. The largest absolute Gasteiger partial charge is 0.292 e. The summed E-state index contributed by atoms with van der Waals surface area (Å²) in [4.78, 5) is 15.0. The van der Waals surface area contributed by atoms with Gasteiger partial charge in [-0.15, -0.1) is 0 Å². The van der Waals surface area contributed by atoms with E-state index in [1.54, 1.807) is 0 Å². The molecular formula is C17H15NO. The van der Waals surface area contributed by atoms with Gasteiger partial charge < -0.3 is 0 Å². The molecule has 1 aliphatic heterocycles. The third-order valence-electron chi connectivity index (χ3n) is 4.38. The number of fused-ring (bicyclic) bond motifs is 2. The highest BCUT2D eigenvalue weighted by Crippen LogP contribution is 2.44. The molecule has 0 radical (unpaired) electrons. The minimum Gasteiger partial charge on any atom is -0.292 e. The van der Waals surface area contributed by atoms with E-state index in [0.717, 1.165) is 24.1 Å². The van der Waals surface area contributed by atoms with Crippen LogP contribution in [0.1, 0.15) is 27.5 Å². The van der Waals surface area contributed by atoms with Gasteiger partial charge in [-0.1, -0.05) is 42.5 Å². The predicted molar refractivity (Wildman–Crippen MR) is 75.3 cm³/mol. The summed E-state index contributed by atoms with van der Waals surface area (Å²) >= 11 is 0. The number of hydrogen-bond acceptors (Lipinski definition) is 2. The van der Waals surface area contributed by atoms with Crippen LogP contribution >= 0.6 is 0 Å². The molecule has 0 spiro atoms. The normalized spacial score (nSPS) is 20.9. The number of rotatable bonds is 0. The van der Waals surface area contributed by atoms with Gasteiger partial charge in [0, 0.05) is 12.1 Å². The van der Waals surface area contributed by atoms with Crippen LogP contribution in [0, 0.1) is 0 Å². The lowest BCUT2D eigenvalue weighted by Crippen LogP contribution is -2.39. The molecule has 2 aliphatic rings. The first kappa shape index (κ1) is 10.9. The van der Waals surface area contributed by atoms with E-state index >= 15 is 0 Å². The molecule has 94 valence electrons. The quantitative estimate of drug-likeness (QED) is 0.715. The topological polar surface area (TPSA) is 20.3 Å². The fourth-order valence-corrected chi connectivity index (χ4v) is 3.45. The van der Waals surface area contributed by atoms with Gasteiger partial charge in [0.1, 0.15) is 0 Å². The number of carbonyl (C=O) groups is 1. The monoisotopic (exact) mass is 249 g/mol. The maximum Gasteiger partial charge on any atom is 0.185 e. The molecule has 0 amide bonds. The molecule has 1 atom stereocenters. The molecule has 0 bridgehead atoms. The van der Waals surface area contributed by atoms with Gasteiger partial charge in [-0.3, -0.25) is 9.69 Å². The molecule has 1 aliphatic carbocycles. The van der Waals surface area contributed by atoms with Gasteiger partial charge in [0.05, 0.1) is 6.04 Å². The molecular weight excluding hydrogens is 234 g/mol. The summed E-state index contributed by atoms with van der Waals surface area (Å²) in [5, 5.41) is 0. The highest BCUT2D eigenvalue weighted by atomic mass is 16.1. The summed E-state index contributed by atoms with van der Waals surface area (Å²) in [6, 6.07) is 14.3. The third kappa shape index (κ3) is 1.38.